The highest BCUT2D eigenvalue weighted by Crippen LogP contribution is 1.87. The summed E-state index contributed by atoms with van der Waals surface area (Å²) in [6.45, 7) is 3.89. The lowest BCUT2D eigenvalue weighted by Crippen LogP contribution is -1.98. The molecule has 0 aromatic rings. The summed E-state index contributed by atoms with van der Waals surface area (Å²) in [6, 6.07) is 0.303. The van der Waals surface area contributed by atoms with E-state index in [1.807, 2.05) is 13.8 Å². The molecule has 0 aliphatic carbocycles. The van der Waals surface area contributed by atoms with Gasteiger partial charge in [0.15, 0.2) is 0 Å². The van der Waals surface area contributed by atoms with Gasteiger partial charge < -0.3 is 14.9 Å². The molecule has 0 unspecified atom stereocenters. The fraction of sp³-hybridized carbons (Fsp3) is 0.800. The van der Waals surface area contributed by atoms with Gasteiger partial charge in [-0.1, -0.05) is 11.6 Å². The normalized spacial score (nSPS) is 8.40. The van der Waals surface area contributed by atoms with Gasteiger partial charge in [0.1, 0.15) is 6.07 Å². The van der Waals surface area contributed by atoms with E-state index >= 15 is 0 Å². The molecule has 0 amide bonds. The second-order valence-electron chi connectivity index (χ2n) is 1.61. The number of rotatable bonds is 2. The molecule has 0 saturated heterocycles. The second kappa shape index (κ2) is 8.52. The molecule has 0 aliphatic heterocycles. The molecule has 0 aliphatic rings. The molecule has 62 valence electrons. The van der Waals surface area contributed by atoms with Gasteiger partial charge in [-0.05, 0) is 13.8 Å². The largest absolute Gasteiger partial charge is 0.503 e. The molecule has 0 aromatic heterocycles. The summed E-state index contributed by atoms with van der Waals surface area (Å²) in [6.07, 6.45) is -1.57. The molecule has 0 spiro atoms. The number of carboxylic acid groups (broad SMARTS) is 2. The molecule has 0 fully saturated rings. The summed E-state index contributed by atoms with van der Waals surface area (Å²) in [5.74, 6) is 0. The first-order valence-corrected chi connectivity index (χ1v) is 3.13. The highest BCUT2D eigenvalue weighted by molar-refractivity contribution is 6.17. The smallest absolute Gasteiger partial charge is 0.450 e. The van der Waals surface area contributed by atoms with E-state index in [1.54, 1.807) is 0 Å². The minimum absolute atomic E-state index is 0.266. The van der Waals surface area contributed by atoms with E-state index < -0.39 is 6.16 Å². The third-order valence-corrected chi connectivity index (χ3v) is 0.522. The summed E-state index contributed by atoms with van der Waals surface area (Å²) in [7, 11) is 0. The molecule has 0 bridgehead atoms. The number of carbonyl (C=O) groups is 1. The van der Waals surface area contributed by atoms with Gasteiger partial charge in [0, 0.05) is 0 Å². The topological polar surface area (TPSA) is 66.8 Å². The van der Waals surface area contributed by atoms with Crippen LogP contribution in [0.15, 0.2) is 0 Å². The van der Waals surface area contributed by atoms with Gasteiger partial charge >= 0.3 is 6.16 Å². The molecule has 0 saturated carbocycles. The number of alkyl halides is 1. The average Bonchev–Trinajstić information content (AvgIpc) is 1.62. The van der Waals surface area contributed by atoms with Gasteiger partial charge in [0.05, 0.1) is 6.10 Å². The predicted molar refractivity (Wildman–Crippen MR) is 37.6 cm³/mol. The van der Waals surface area contributed by atoms with Crippen LogP contribution in [0.25, 0.3) is 0 Å². The quantitative estimate of drug-likeness (QED) is 0.621. The lowest BCUT2D eigenvalue weighted by Gasteiger charge is -1.98. The van der Waals surface area contributed by atoms with Crippen molar-refractivity contribution in [3.8, 4) is 0 Å². The Labute approximate surface area is 64.4 Å². The van der Waals surface area contributed by atoms with E-state index in [2.05, 4.69) is 0 Å². The first-order valence-electron chi connectivity index (χ1n) is 2.60. The maximum absolute atomic E-state index is 8.56. The van der Waals surface area contributed by atoms with Crippen molar-refractivity contribution in [3.63, 3.8) is 0 Å². The van der Waals surface area contributed by atoms with Crippen LogP contribution in [-0.4, -0.2) is 28.5 Å². The Morgan fingerprint density at radius 2 is 1.90 bits per heavy atom. The van der Waals surface area contributed by atoms with Crippen molar-refractivity contribution in [2.75, 3.05) is 6.07 Å². The molecule has 5 heteroatoms. The SMILES string of the molecule is CC(C)OCCl.O=C(O)O. The first kappa shape index (κ1) is 12.2. The molecule has 0 radical (unpaired) electrons. The lowest BCUT2D eigenvalue weighted by atomic mass is 10.5. The monoisotopic (exact) mass is 170 g/mol. The molecule has 0 atom stereocenters. The summed E-state index contributed by atoms with van der Waals surface area (Å²) in [5.41, 5.74) is 0. The zero-order valence-electron chi connectivity index (χ0n) is 5.87. The van der Waals surface area contributed by atoms with Gasteiger partial charge in [-0.3, -0.25) is 0 Å². The van der Waals surface area contributed by atoms with Gasteiger partial charge in [-0.15, -0.1) is 0 Å². The van der Waals surface area contributed by atoms with Gasteiger partial charge in [-0.2, -0.15) is 0 Å². The van der Waals surface area contributed by atoms with Gasteiger partial charge in [0.2, 0.25) is 0 Å². The highest BCUT2D eigenvalue weighted by Gasteiger charge is 1.85. The number of hydrogen-bond acceptors (Lipinski definition) is 2. The lowest BCUT2D eigenvalue weighted by molar-refractivity contribution is 0.117. The van der Waals surface area contributed by atoms with E-state index in [0.29, 0.717) is 6.07 Å². The predicted octanol–water partition coefficient (Wildman–Crippen LogP) is 1.83. The summed E-state index contributed by atoms with van der Waals surface area (Å²) in [4.78, 5) is 8.56. The van der Waals surface area contributed by atoms with Crippen LogP contribution >= 0.6 is 11.6 Å². The van der Waals surface area contributed by atoms with Crippen LogP contribution in [0.2, 0.25) is 0 Å². The Hall–Kier alpha value is -0.480. The molecule has 10 heavy (non-hydrogen) atoms. The van der Waals surface area contributed by atoms with E-state index in [1.165, 1.54) is 0 Å². The molecule has 0 heterocycles. The summed E-state index contributed by atoms with van der Waals surface area (Å²) >= 11 is 5.17. The van der Waals surface area contributed by atoms with Crippen molar-refractivity contribution >= 4 is 17.8 Å². The fourth-order valence-corrected chi connectivity index (χ4v) is 0.378. The maximum Gasteiger partial charge on any atom is 0.503 e. The van der Waals surface area contributed by atoms with Gasteiger partial charge in [0.25, 0.3) is 0 Å². The second-order valence-corrected chi connectivity index (χ2v) is 1.83. The van der Waals surface area contributed by atoms with Crippen molar-refractivity contribution in [2.24, 2.45) is 0 Å². The minimum atomic E-state index is -1.83. The molecular weight excluding hydrogens is 160 g/mol. The minimum Gasteiger partial charge on any atom is -0.450 e. The Morgan fingerprint density at radius 3 is 1.90 bits per heavy atom. The Balaban J connectivity index is 0. The maximum atomic E-state index is 8.56. The first-order chi connectivity index (χ1) is 4.50. The Bertz CT molecular complexity index is 79.7. The van der Waals surface area contributed by atoms with Crippen LogP contribution in [0.3, 0.4) is 0 Å². The van der Waals surface area contributed by atoms with Crippen molar-refractivity contribution in [1.82, 2.24) is 0 Å². The molecular formula is C5H11ClO4. The van der Waals surface area contributed by atoms with Crippen LogP contribution < -0.4 is 0 Å². The Kier molecular flexibility index (Phi) is 10.4. The number of hydrogen-bond donors (Lipinski definition) is 2. The standard InChI is InChI=1S/C4H9ClO.CH2O3/c1-4(2)6-3-5;2-1(3)4/h4H,3H2,1-2H3;(H2,2,3,4). The number of halogens is 1. The van der Waals surface area contributed by atoms with Crippen molar-refractivity contribution in [1.29, 1.82) is 0 Å². The van der Waals surface area contributed by atoms with Crippen LogP contribution in [0.5, 0.6) is 0 Å². The summed E-state index contributed by atoms with van der Waals surface area (Å²) < 4.78 is 4.81. The van der Waals surface area contributed by atoms with Crippen molar-refractivity contribution in [2.45, 2.75) is 20.0 Å². The van der Waals surface area contributed by atoms with E-state index in [9.17, 15) is 0 Å². The molecule has 0 aromatic carbocycles. The van der Waals surface area contributed by atoms with Crippen LogP contribution in [0.1, 0.15) is 13.8 Å². The molecule has 2 N–H and O–H groups in total. The van der Waals surface area contributed by atoms with Gasteiger partial charge in [-0.25, -0.2) is 4.79 Å². The van der Waals surface area contributed by atoms with E-state index in [0.717, 1.165) is 0 Å². The van der Waals surface area contributed by atoms with Crippen LogP contribution in [0.4, 0.5) is 4.79 Å². The van der Waals surface area contributed by atoms with Crippen LogP contribution in [-0.2, 0) is 4.74 Å². The highest BCUT2D eigenvalue weighted by atomic mass is 35.5. The Morgan fingerprint density at radius 1 is 1.60 bits per heavy atom. The van der Waals surface area contributed by atoms with Crippen molar-refractivity contribution < 1.29 is 19.7 Å². The summed E-state index contributed by atoms with van der Waals surface area (Å²) in [5, 5.41) is 13.9. The van der Waals surface area contributed by atoms with E-state index in [4.69, 9.17) is 31.3 Å². The fourth-order valence-electron chi connectivity index (χ4n) is 0.126. The zero-order chi connectivity index (χ0) is 8.57. The van der Waals surface area contributed by atoms with E-state index in [-0.39, 0.29) is 6.10 Å². The van der Waals surface area contributed by atoms with Crippen LogP contribution in [0, 0.1) is 0 Å². The molecule has 0 rings (SSSR count). The number of ether oxygens (including phenoxy) is 1. The van der Waals surface area contributed by atoms with Crippen molar-refractivity contribution in [3.05, 3.63) is 0 Å². The third-order valence-electron chi connectivity index (χ3n) is 0.396. The molecule has 4 nitrogen and oxygen atoms in total. The third kappa shape index (κ3) is 50.3. The average molecular weight is 171 g/mol. The zero-order valence-corrected chi connectivity index (χ0v) is 6.63.